The summed E-state index contributed by atoms with van der Waals surface area (Å²) in [6.45, 7) is 2.82. The predicted molar refractivity (Wildman–Crippen MR) is 74.2 cm³/mol. The van der Waals surface area contributed by atoms with Crippen LogP contribution in [0.1, 0.15) is 30.6 Å². The highest BCUT2D eigenvalue weighted by Gasteiger charge is 2.24. The fraction of sp³-hybridized carbons (Fsp3) is 0.429. The average molecular weight is 278 g/mol. The molecule has 6 heteroatoms. The van der Waals surface area contributed by atoms with Gasteiger partial charge in [-0.25, -0.2) is 4.39 Å². The molecule has 1 atom stereocenters. The van der Waals surface area contributed by atoms with Gasteiger partial charge in [0.2, 0.25) is 0 Å². The molecule has 1 unspecified atom stereocenters. The maximum atomic E-state index is 14.0. The van der Waals surface area contributed by atoms with Gasteiger partial charge in [-0.1, -0.05) is 6.92 Å². The van der Waals surface area contributed by atoms with Crippen LogP contribution in [0.4, 0.5) is 4.39 Å². The number of hydrogen-bond acceptors (Lipinski definition) is 4. The van der Waals surface area contributed by atoms with Crippen LogP contribution in [-0.4, -0.2) is 28.9 Å². The second-order valence-electron chi connectivity index (χ2n) is 4.44. The maximum absolute atomic E-state index is 14.0. The Morgan fingerprint density at radius 1 is 1.45 bits per heavy atom. The Kier molecular flexibility index (Phi) is 4.68. The van der Waals surface area contributed by atoms with E-state index < -0.39 is 0 Å². The molecule has 0 spiro atoms. The van der Waals surface area contributed by atoms with Crippen LogP contribution < -0.4 is 10.1 Å². The summed E-state index contributed by atoms with van der Waals surface area (Å²) in [6, 6.07) is 1.33. The molecule has 2 aromatic heterocycles. The van der Waals surface area contributed by atoms with E-state index in [-0.39, 0.29) is 11.9 Å². The van der Waals surface area contributed by atoms with E-state index in [0.717, 1.165) is 18.7 Å². The molecule has 0 saturated carbocycles. The van der Waals surface area contributed by atoms with Crippen molar-refractivity contribution in [3.8, 4) is 5.75 Å². The number of methoxy groups -OCH3 is 1. The van der Waals surface area contributed by atoms with Gasteiger partial charge in [0.15, 0.2) is 5.75 Å². The van der Waals surface area contributed by atoms with Gasteiger partial charge < -0.3 is 10.1 Å². The van der Waals surface area contributed by atoms with Crippen LogP contribution in [0.3, 0.4) is 0 Å². The second kappa shape index (κ2) is 6.47. The predicted octanol–water partition coefficient (Wildman–Crippen LogP) is 2.14. The Balaban J connectivity index is 2.51. The molecular formula is C14H19FN4O. The average Bonchev–Trinajstić information content (AvgIpc) is 2.85. The van der Waals surface area contributed by atoms with Crippen LogP contribution in [0.15, 0.2) is 24.7 Å². The summed E-state index contributed by atoms with van der Waals surface area (Å²) in [4.78, 5) is 3.79. The maximum Gasteiger partial charge on any atom is 0.161 e. The number of ether oxygens (including phenoxy) is 1. The molecule has 1 N–H and O–H groups in total. The molecule has 0 radical (unpaired) electrons. The monoisotopic (exact) mass is 278 g/mol. The zero-order valence-electron chi connectivity index (χ0n) is 11.9. The van der Waals surface area contributed by atoms with Crippen LogP contribution in [0.25, 0.3) is 0 Å². The Morgan fingerprint density at radius 3 is 2.85 bits per heavy atom. The highest BCUT2D eigenvalue weighted by molar-refractivity contribution is 5.36. The first-order valence-electron chi connectivity index (χ1n) is 6.59. The molecule has 0 aliphatic heterocycles. The van der Waals surface area contributed by atoms with E-state index in [1.807, 2.05) is 4.68 Å². The van der Waals surface area contributed by atoms with E-state index >= 15 is 0 Å². The third kappa shape index (κ3) is 2.65. The molecule has 20 heavy (non-hydrogen) atoms. The van der Waals surface area contributed by atoms with Crippen molar-refractivity contribution in [2.45, 2.75) is 25.9 Å². The smallest absolute Gasteiger partial charge is 0.161 e. The molecule has 5 nitrogen and oxygen atoms in total. The van der Waals surface area contributed by atoms with Gasteiger partial charge in [0, 0.05) is 18.3 Å². The first kappa shape index (κ1) is 14.5. The SMILES string of the molecule is CCCn1ncc(OC)c1C(NC)c1ccncc1F. The molecule has 2 heterocycles. The first-order valence-corrected chi connectivity index (χ1v) is 6.59. The molecule has 0 amide bonds. The molecule has 2 aromatic rings. The summed E-state index contributed by atoms with van der Waals surface area (Å²) >= 11 is 0. The minimum Gasteiger partial charge on any atom is -0.493 e. The molecule has 0 bridgehead atoms. The van der Waals surface area contributed by atoms with Gasteiger partial charge in [-0.2, -0.15) is 5.10 Å². The lowest BCUT2D eigenvalue weighted by Gasteiger charge is -2.20. The largest absolute Gasteiger partial charge is 0.493 e. The van der Waals surface area contributed by atoms with Crippen molar-refractivity contribution in [1.29, 1.82) is 0 Å². The number of pyridine rings is 1. The second-order valence-corrected chi connectivity index (χ2v) is 4.44. The molecule has 108 valence electrons. The number of nitrogens with zero attached hydrogens (tertiary/aromatic N) is 3. The number of aromatic nitrogens is 3. The third-order valence-corrected chi connectivity index (χ3v) is 3.18. The van der Waals surface area contributed by atoms with Crippen LogP contribution in [-0.2, 0) is 6.54 Å². The Labute approximate surface area is 117 Å². The van der Waals surface area contributed by atoms with E-state index in [9.17, 15) is 4.39 Å². The van der Waals surface area contributed by atoms with Gasteiger partial charge in [-0.15, -0.1) is 0 Å². The van der Waals surface area contributed by atoms with Crippen molar-refractivity contribution >= 4 is 0 Å². The summed E-state index contributed by atoms with van der Waals surface area (Å²) < 4.78 is 21.2. The van der Waals surface area contributed by atoms with E-state index in [0.29, 0.717) is 11.3 Å². The van der Waals surface area contributed by atoms with Gasteiger partial charge in [0.05, 0.1) is 25.5 Å². The van der Waals surface area contributed by atoms with Crippen molar-refractivity contribution in [3.63, 3.8) is 0 Å². The molecule has 0 saturated heterocycles. The van der Waals surface area contributed by atoms with Crippen LogP contribution >= 0.6 is 0 Å². The molecule has 0 fully saturated rings. The highest BCUT2D eigenvalue weighted by Crippen LogP contribution is 2.30. The van der Waals surface area contributed by atoms with Gasteiger partial charge in [0.25, 0.3) is 0 Å². The quantitative estimate of drug-likeness (QED) is 0.879. The number of hydrogen-bond donors (Lipinski definition) is 1. The Bertz CT molecular complexity index is 570. The minimum atomic E-state index is -0.349. The summed E-state index contributed by atoms with van der Waals surface area (Å²) in [6.07, 6.45) is 5.39. The fourth-order valence-electron chi connectivity index (χ4n) is 2.28. The normalized spacial score (nSPS) is 12.4. The number of halogens is 1. The van der Waals surface area contributed by atoms with Gasteiger partial charge in [-0.05, 0) is 19.5 Å². The van der Waals surface area contributed by atoms with Crippen molar-refractivity contribution in [2.75, 3.05) is 14.2 Å². The van der Waals surface area contributed by atoms with E-state index in [1.165, 1.54) is 6.20 Å². The van der Waals surface area contributed by atoms with Gasteiger partial charge >= 0.3 is 0 Å². The zero-order valence-corrected chi connectivity index (χ0v) is 11.9. The Morgan fingerprint density at radius 2 is 2.25 bits per heavy atom. The van der Waals surface area contributed by atoms with Gasteiger partial charge in [-0.3, -0.25) is 9.67 Å². The van der Waals surface area contributed by atoms with Crippen LogP contribution in [0.2, 0.25) is 0 Å². The van der Waals surface area contributed by atoms with Crippen LogP contribution in [0, 0.1) is 5.82 Å². The van der Waals surface area contributed by atoms with Crippen molar-refractivity contribution in [1.82, 2.24) is 20.1 Å². The lowest BCUT2D eigenvalue weighted by Crippen LogP contribution is -2.23. The Hall–Kier alpha value is -1.95. The standard InChI is InChI=1S/C14H19FN4O/c1-4-7-19-14(12(20-3)9-18-19)13(16-2)10-5-6-17-8-11(10)15/h5-6,8-9,13,16H,4,7H2,1-3H3. The fourth-order valence-corrected chi connectivity index (χ4v) is 2.28. The van der Waals surface area contributed by atoms with Gasteiger partial charge in [0.1, 0.15) is 11.5 Å². The zero-order chi connectivity index (χ0) is 14.5. The van der Waals surface area contributed by atoms with Crippen LogP contribution in [0.5, 0.6) is 5.75 Å². The molecule has 0 aliphatic carbocycles. The summed E-state index contributed by atoms with van der Waals surface area (Å²) in [5.41, 5.74) is 1.35. The summed E-state index contributed by atoms with van der Waals surface area (Å²) in [5.74, 6) is 0.298. The van der Waals surface area contributed by atoms with Crippen molar-refractivity contribution in [3.05, 3.63) is 41.7 Å². The molecule has 0 aliphatic rings. The highest BCUT2D eigenvalue weighted by atomic mass is 19.1. The summed E-state index contributed by atoms with van der Waals surface area (Å²) in [5, 5.41) is 7.44. The first-order chi connectivity index (χ1) is 9.72. The third-order valence-electron chi connectivity index (χ3n) is 3.18. The number of rotatable bonds is 6. The molecular weight excluding hydrogens is 259 g/mol. The molecule has 0 aromatic carbocycles. The lowest BCUT2D eigenvalue weighted by atomic mass is 10.0. The van der Waals surface area contributed by atoms with E-state index in [2.05, 4.69) is 22.3 Å². The van der Waals surface area contributed by atoms with Crippen molar-refractivity contribution < 1.29 is 9.13 Å². The minimum absolute atomic E-state index is 0.331. The summed E-state index contributed by atoms with van der Waals surface area (Å²) in [7, 11) is 3.37. The number of aryl methyl sites for hydroxylation is 1. The van der Waals surface area contributed by atoms with E-state index in [4.69, 9.17) is 4.74 Å². The lowest BCUT2D eigenvalue weighted by molar-refractivity contribution is 0.398. The molecule has 2 rings (SSSR count). The van der Waals surface area contributed by atoms with Crippen molar-refractivity contribution in [2.24, 2.45) is 0 Å². The topological polar surface area (TPSA) is 52.0 Å². The van der Waals surface area contributed by atoms with E-state index in [1.54, 1.807) is 32.6 Å². The number of nitrogens with one attached hydrogen (secondary N) is 1.